The number of hydrogen-bond acceptors (Lipinski definition) is 6. The van der Waals surface area contributed by atoms with Crippen molar-refractivity contribution in [3.8, 4) is 0 Å². The first kappa shape index (κ1) is 22.5. The van der Waals surface area contributed by atoms with Gasteiger partial charge >= 0.3 is 5.69 Å². The largest absolute Gasteiger partial charge is 0.388 e. The predicted molar refractivity (Wildman–Crippen MR) is 120 cm³/mol. The maximum absolute atomic E-state index is 13.8. The van der Waals surface area contributed by atoms with Gasteiger partial charge in [0.1, 0.15) is 5.82 Å². The van der Waals surface area contributed by atoms with Crippen molar-refractivity contribution in [3.63, 3.8) is 0 Å². The number of fused-ring (bicyclic) bond motifs is 1. The van der Waals surface area contributed by atoms with Crippen LogP contribution in [-0.4, -0.2) is 66.3 Å². The summed E-state index contributed by atoms with van der Waals surface area (Å²) in [5.41, 5.74) is -1.77. The Bertz CT molecular complexity index is 1380. The Kier molecular flexibility index (Phi) is 5.21. The van der Waals surface area contributed by atoms with Crippen LogP contribution in [0.25, 0.3) is 11.0 Å². The molecule has 2 aliphatic rings. The molecule has 180 valence electrons. The van der Waals surface area contributed by atoms with Gasteiger partial charge < -0.3 is 19.7 Å². The quantitative estimate of drug-likeness (QED) is 0.515. The lowest BCUT2D eigenvalue weighted by Gasteiger charge is -2.51. The fourth-order valence-electron chi connectivity index (χ4n) is 5.22. The molecule has 34 heavy (non-hydrogen) atoms. The van der Waals surface area contributed by atoms with E-state index in [4.69, 9.17) is 4.74 Å². The average Bonchev–Trinajstić information content (AvgIpc) is 3.15. The third-order valence-electron chi connectivity index (χ3n) is 7.01. The van der Waals surface area contributed by atoms with Crippen LogP contribution in [0.4, 0.5) is 4.39 Å². The van der Waals surface area contributed by atoms with Crippen LogP contribution < -0.4 is 11.2 Å². The molecule has 0 bridgehead atoms. The number of piperidine rings is 1. The number of H-pyrrole nitrogens is 2. The lowest BCUT2D eigenvalue weighted by atomic mass is 9.75. The summed E-state index contributed by atoms with van der Waals surface area (Å²) in [5, 5.41) is 11.2. The van der Waals surface area contributed by atoms with Gasteiger partial charge in [0, 0.05) is 25.1 Å². The van der Waals surface area contributed by atoms with Crippen LogP contribution in [0.3, 0.4) is 0 Å². The molecule has 3 N–H and O–H groups in total. The van der Waals surface area contributed by atoms with Crippen molar-refractivity contribution < 1.29 is 19.0 Å². The molecule has 2 saturated heterocycles. The van der Waals surface area contributed by atoms with Crippen molar-refractivity contribution in [3.05, 3.63) is 62.4 Å². The molecule has 2 aliphatic heterocycles. The summed E-state index contributed by atoms with van der Waals surface area (Å²) in [6, 6.07) is 4.53. The first-order valence-electron chi connectivity index (χ1n) is 11.2. The SMILES string of the molecule is Cc1nc2ccc(C(=O)N3CCC4(CC3)C[C@@](C)(O)[C@H](n3cc(F)c(=O)[nH]c3=O)CO4)cc2[nH]1. The number of imidazole rings is 1. The lowest BCUT2D eigenvalue weighted by molar-refractivity contribution is -0.195. The number of hydrogen-bond donors (Lipinski definition) is 3. The minimum atomic E-state index is -1.39. The minimum Gasteiger partial charge on any atom is -0.388 e. The maximum atomic E-state index is 13.8. The number of nitrogens with zero attached hydrogens (tertiary/aromatic N) is 3. The van der Waals surface area contributed by atoms with Crippen LogP contribution >= 0.6 is 0 Å². The van der Waals surface area contributed by atoms with Gasteiger partial charge in [-0.25, -0.2) is 9.78 Å². The van der Waals surface area contributed by atoms with Crippen molar-refractivity contribution in [1.82, 2.24) is 24.4 Å². The maximum Gasteiger partial charge on any atom is 0.328 e. The number of carbonyl (C=O) groups excluding carboxylic acids is 1. The van der Waals surface area contributed by atoms with Gasteiger partial charge in [-0.3, -0.25) is 19.1 Å². The third kappa shape index (κ3) is 3.84. The Balaban J connectivity index is 1.29. The van der Waals surface area contributed by atoms with Crippen LogP contribution in [-0.2, 0) is 4.74 Å². The molecule has 2 aromatic heterocycles. The third-order valence-corrected chi connectivity index (χ3v) is 7.01. The molecule has 1 aromatic carbocycles. The summed E-state index contributed by atoms with van der Waals surface area (Å²) in [4.78, 5) is 47.8. The normalized spacial score (nSPS) is 24.6. The molecule has 11 heteroatoms. The molecule has 2 fully saturated rings. The number of amides is 1. The molecule has 2 atom stereocenters. The Hall–Kier alpha value is -3.31. The smallest absolute Gasteiger partial charge is 0.328 e. The topological polar surface area (TPSA) is 133 Å². The molecular weight excluding hydrogens is 445 g/mol. The van der Waals surface area contributed by atoms with Gasteiger partial charge in [0.2, 0.25) is 5.82 Å². The Labute approximate surface area is 193 Å². The highest BCUT2D eigenvalue weighted by molar-refractivity contribution is 5.97. The Morgan fingerprint density at radius 1 is 1.26 bits per heavy atom. The van der Waals surface area contributed by atoms with E-state index in [0.29, 0.717) is 31.5 Å². The second-order valence-corrected chi connectivity index (χ2v) is 9.53. The van der Waals surface area contributed by atoms with Crippen molar-refractivity contribution in [2.45, 2.75) is 50.4 Å². The second-order valence-electron chi connectivity index (χ2n) is 9.53. The number of carbonyl (C=O) groups is 1. The number of rotatable bonds is 2. The van der Waals surface area contributed by atoms with Crippen LogP contribution in [0.1, 0.15) is 48.4 Å². The number of aliphatic hydroxyl groups is 1. The van der Waals surface area contributed by atoms with Crippen molar-refractivity contribution in [2.75, 3.05) is 19.7 Å². The highest BCUT2D eigenvalue weighted by atomic mass is 19.1. The molecule has 10 nitrogen and oxygen atoms in total. The number of nitrogens with one attached hydrogen (secondary N) is 2. The van der Waals surface area contributed by atoms with Crippen molar-refractivity contribution >= 4 is 16.9 Å². The molecule has 0 aliphatic carbocycles. The first-order valence-corrected chi connectivity index (χ1v) is 11.2. The highest BCUT2D eigenvalue weighted by Gasteiger charge is 2.50. The van der Waals surface area contributed by atoms with Crippen LogP contribution in [0.2, 0.25) is 0 Å². The molecule has 0 saturated carbocycles. The molecule has 1 spiro atoms. The zero-order valence-electron chi connectivity index (χ0n) is 18.9. The van der Waals surface area contributed by atoms with Crippen LogP contribution in [0.15, 0.2) is 34.0 Å². The van der Waals surface area contributed by atoms with E-state index in [1.807, 2.05) is 18.0 Å². The fourth-order valence-corrected chi connectivity index (χ4v) is 5.22. The average molecular weight is 471 g/mol. The number of aromatic amines is 2. The first-order chi connectivity index (χ1) is 16.1. The Morgan fingerprint density at radius 3 is 2.71 bits per heavy atom. The Morgan fingerprint density at radius 2 is 2.00 bits per heavy atom. The van der Waals surface area contributed by atoms with E-state index in [-0.39, 0.29) is 18.9 Å². The predicted octanol–water partition coefficient (Wildman–Crippen LogP) is 1.25. The summed E-state index contributed by atoms with van der Waals surface area (Å²) < 4.78 is 20.9. The monoisotopic (exact) mass is 471 g/mol. The van der Waals surface area contributed by atoms with E-state index < -0.39 is 34.3 Å². The van der Waals surface area contributed by atoms with Gasteiger partial charge in [0.15, 0.2) is 0 Å². The standard InChI is InChI=1S/C23H26FN5O5/c1-13-25-16-4-3-14(9-17(16)26-13)20(31)28-7-5-23(6-8-28)12-22(2,33)18(11-34-23)29-10-15(24)19(30)27-21(29)32/h3-4,9-10,18,33H,5-8,11-12H2,1-2H3,(H,25,26)(H,27,30,32)/t18-,22-/m1/s1. The molecule has 1 amide bonds. The molecule has 5 rings (SSSR count). The van der Waals surface area contributed by atoms with Crippen LogP contribution in [0.5, 0.6) is 0 Å². The number of halogens is 1. The zero-order chi connectivity index (χ0) is 24.3. The lowest BCUT2D eigenvalue weighted by Crippen LogP contribution is -2.59. The minimum absolute atomic E-state index is 0.0256. The van der Waals surface area contributed by atoms with E-state index in [0.717, 1.165) is 27.6 Å². The molecule has 0 unspecified atom stereocenters. The molecule has 0 radical (unpaired) electrons. The van der Waals surface area contributed by atoms with E-state index in [2.05, 4.69) is 9.97 Å². The molecule has 4 heterocycles. The van der Waals surface area contributed by atoms with E-state index in [1.165, 1.54) is 0 Å². The number of aryl methyl sites for hydroxylation is 1. The number of aromatic nitrogens is 4. The van der Waals surface area contributed by atoms with Gasteiger partial charge in [-0.15, -0.1) is 0 Å². The van der Waals surface area contributed by atoms with E-state index in [9.17, 15) is 23.9 Å². The summed E-state index contributed by atoms with van der Waals surface area (Å²) in [5.74, 6) is -0.406. The van der Waals surface area contributed by atoms with E-state index >= 15 is 0 Å². The van der Waals surface area contributed by atoms with Crippen molar-refractivity contribution in [2.24, 2.45) is 0 Å². The van der Waals surface area contributed by atoms with Gasteiger partial charge in [0.05, 0.1) is 41.1 Å². The van der Waals surface area contributed by atoms with Crippen LogP contribution in [0, 0.1) is 12.7 Å². The number of likely N-dealkylation sites (tertiary alicyclic amines) is 1. The second kappa shape index (κ2) is 7.88. The van der Waals surface area contributed by atoms with E-state index in [1.54, 1.807) is 24.0 Å². The zero-order valence-corrected chi connectivity index (χ0v) is 18.9. The number of ether oxygens (including phenoxy) is 1. The van der Waals surface area contributed by atoms with Gasteiger partial charge in [-0.1, -0.05) is 0 Å². The van der Waals surface area contributed by atoms with Gasteiger partial charge in [-0.2, -0.15) is 4.39 Å². The highest BCUT2D eigenvalue weighted by Crippen LogP contribution is 2.43. The van der Waals surface area contributed by atoms with Crippen molar-refractivity contribution in [1.29, 1.82) is 0 Å². The molecule has 3 aromatic rings. The fraction of sp³-hybridized carbons (Fsp3) is 0.478. The van der Waals surface area contributed by atoms with Gasteiger partial charge in [-0.05, 0) is 44.9 Å². The summed E-state index contributed by atoms with van der Waals surface area (Å²) in [6.45, 7) is 4.32. The number of benzene rings is 1. The van der Waals surface area contributed by atoms with Gasteiger partial charge in [0.25, 0.3) is 11.5 Å². The summed E-state index contributed by atoms with van der Waals surface area (Å²) in [7, 11) is 0. The summed E-state index contributed by atoms with van der Waals surface area (Å²) >= 11 is 0. The summed E-state index contributed by atoms with van der Waals surface area (Å²) in [6.07, 6.45) is 2.05. The molecular formula is C23H26FN5O5.